The lowest BCUT2D eigenvalue weighted by Crippen LogP contribution is -2.34. The zero-order chi connectivity index (χ0) is 15.2. The summed E-state index contributed by atoms with van der Waals surface area (Å²) >= 11 is 0. The van der Waals surface area contributed by atoms with Crippen molar-refractivity contribution in [3.63, 3.8) is 0 Å². The lowest BCUT2D eigenvalue weighted by atomic mass is 10.1. The Morgan fingerprint density at radius 3 is 2.40 bits per heavy atom. The summed E-state index contributed by atoms with van der Waals surface area (Å²) in [7, 11) is -1.55. The molecule has 1 aromatic carbocycles. The molecule has 0 radical (unpaired) electrons. The molecule has 3 heteroatoms. The van der Waals surface area contributed by atoms with E-state index in [0.717, 1.165) is 18.0 Å². The van der Waals surface area contributed by atoms with Gasteiger partial charge in [0.25, 0.3) is 0 Å². The Bertz CT molecular complexity index is 472. The highest BCUT2D eigenvalue weighted by molar-refractivity contribution is 6.83. The molecule has 0 saturated heterocycles. The number of ether oxygens (including phenoxy) is 1. The molecule has 1 aromatic rings. The molecule has 0 aromatic heterocycles. The smallest absolute Gasteiger partial charge is 0.330 e. The summed E-state index contributed by atoms with van der Waals surface area (Å²) in [6, 6.07) is 10.2. The van der Waals surface area contributed by atoms with Crippen LogP contribution in [-0.4, -0.2) is 20.1 Å². The van der Waals surface area contributed by atoms with E-state index in [1.54, 1.807) is 0 Å². The fourth-order valence-electron chi connectivity index (χ4n) is 1.92. The summed E-state index contributed by atoms with van der Waals surface area (Å²) in [5, 5.41) is 1.07. The van der Waals surface area contributed by atoms with Crippen molar-refractivity contribution in [1.29, 1.82) is 0 Å². The van der Waals surface area contributed by atoms with Gasteiger partial charge in [0.2, 0.25) is 0 Å². The first kappa shape index (κ1) is 16.4. The maximum Gasteiger partial charge on any atom is 0.330 e. The molecule has 0 aliphatic carbocycles. The van der Waals surface area contributed by atoms with E-state index < -0.39 is 8.07 Å². The Morgan fingerprint density at radius 2 is 1.90 bits per heavy atom. The summed E-state index contributed by atoms with van der Waals surface area (Å²) in [5.41, 5.74) is 1.25. The number of aryl methyl sites for hydroxylation is 1. The lowest BCUT2D eigenvalue weighted by molar-refractivity contribution is -0.141. The van der Waals surface area contributed by atoms with Gasteiger partial charge in [0, 0.05) is 6.08 Å². The van der Waals surface area contributed by atoms with Gasteiger partial charge in [-0.1, -0.05) is 56.6 Å². The van der Waals surface area contributed by atoms with E-state index in [4.69, 9.17) is 4.74 Å². The maximum atomic E-state index is 11.5. The average Bonchev–Trinajstić information content (AvgIpc) is 2.42. The highest BCUT2D eigenvalue weighted by Gasteiger charge is 2.27. The zero-order valence-corrected chi connectivity index (χ0v) is 13.7. The Balaban J connectivity index is 2.75. The fourth-order valence-corrected chi connectivity index (χ4v) is 3.09. The van der Waals surface area contributed by atoms with Gasteiger partial charge < -0.3 is 4.74 Å². The van der Waals surface area contributed by atoms with Crippen LogP contribution in [0.15, 0.2) is 54.8 Å². The van der Waals surface area contributed by atoms with Gasteiger partial charge in [-0.25, -0.2) is 4.79 Å². The second-order valence-corrected chi connectivity index (χ2v) is 11.1. The molecule has 0 spiro atoms. The van der Waals surface area contributed by atoms with Crippen molar-refractivity contribution in [2.24, 2.45) is 0 Å². The molecule has 0 aliphatic rings. The van der Waals surface area contributed by atoms with Crippen LogP contribution in [0.4, 0.5) is 0 Å². The van der Waals surface area contributed by atoms with Gasteiger partial charge in [-0.3, -0.25) is 0 Å². The van der Waals surface area contributed by atoms with Crippen molar-refractivity contribution in [2.45, 2.75) is 38.6 Å². The largest absolute Gasteiger partial charge is 0.455 e. The number of carbonyl (C=O) groups is 1. The second-order valence-electron chi connectivity index (χ2n) is 5.93. The first-order valence-electron chi connectivity index (χ1n) is 6.91. The standard InChI is InChI=1S/C17H24O2Si/c1-6-17(18)19-16(14(2)20(3,4)5)13-12-15-10-8-7-9-11-15/h6-11,16H,1-2,12-13H2,3-5H3. The molecule has 0 aliphatic heterocycles. The number of hydrogen-bond acceptors (Lipinski definition) is 2. The summed E-state index contributed by atoms with van der Waals surface area (Å²) < 4.78 is 5.49. The number of rotatable bonds is 7. The Kier molecular flexibility index (Phi) is 5.96. The minimum atomic E-state index is -1.55. The van der Waals surface area contributed by atoms with Gasteiger partial charge in [-0.15, -0.1) is 6.58 Å². The van der Waals surface area contributed by atoms with Crippen LogP contribution < -0.4 is 0 Å². The van der Waals surface area contributed by atoms with Crippen molar-refractivity contribution in [3.05, 3.63) is 60.3 Å². The van der Waals surface area contributed by atoms with Gasteiger partial charge >= 0.3 is 5.97 Å². The van der Waals surface area contributed by atoms with Gasteiger partial charge in [0.15, 0.2) is 0 Å². The Labute approximate surface area is 123 Å². The van der Waals surface area contributed by atoms with Crippen LogP contribution in [0.25, 0.3) is 0 Å². The molecule has 0 heterocycles. The molecule has 0 saturated carbocycles. The maximum absolute atomic E-state index is 11.5. The predicted octanol–water partition coefficient (Wildman–Crippen LogP) is 4.15. The number of esters is 1. The molecule has 0 fully saturated rings. The van der Waals surface area contributed by atoms with E-state index in [1.807, 2.05) is 18.2 Å². The van der Waals surface area contributed by atoms with Crippen LogP contribution in [0.3, 0.4) is 0 Å². The molecule has 0 N–H and O–H groups in total. The first-order chi connectivity index (χ1) is 9.34. The van der Waals surface area contributed by atoms with Crippen LogP contribution in [0.1, 0.15) is 12.0 Å². The SMILES string of the molecule is C=CC(=O)OC(CCc1ccccc1)C(=C)[Si](C)(C)C. The highest BCUT2D eigenvalue weighted by atomic mass is 28.3. The summed E-state index contributed by atoms with van der Waals surface area (Å²) in [6.07, 6.45) is 2.64. The van der Waals surface area contributed by atoms with Crippen molar-refractivity contribution >= 4 is 14.0 Å². The van der Waals surface area contributed by atoms with Crippen LogP contribution in [0.2, 0.25) is 19.6 Å². The molecular weight excluding hydrogens is 264 g/mol. The molecule has 108 valence electrons. The quantitative estimate of drug-likeness (QED) is 0.428. The Hall–Kier alpha value is -1.61. The Morgan fingerprint density at radius 1 is 1.30 bits per heavy atom. The van der Waals surface area contributed by atoms with Crippen molar-refractivity contribution in [2.75, 3.05) is 0 Å². The normalized spacial score (nSPS) is 12.6. The average molecular weight is 288 g/mol. The van der Waals surface area contributed by atoms with Gasteiger partial charge in [-0.2, -0.15) is 0 Å². The van der Waals surface area contributed by atoms with Crippen molar-refractivity contribution < 1.29 is 9.53 Å². The van der Waals surface area contributed by atoms with Crippen LogP contribution in [-0.2, 0) is 16.0 Å². The van der Waals surface area contributed by atoms with Crippen LogP contribution in [0, 0.1) is 0 Å². The molecule has 0 bridgehead atoms. The summed E-state index contributed by atoms with van der Waals surface area (Å²) in [4.78, 5) is 11.5. The van der Waals surface area contributed by atoms with Crippen LogP contribution in [0.5, 0.6) is 0 Å². The predicted molar refractivity (Wildman–Crippen MR) is 87.3 cm³/mol. The van der Waals surface area contributed by atoms with Gasteiger partial charge in [-0.05, 0) is 23.6 Å². The van der Waals surface area contributed by atoms with Crippen molar-refractivity contribution in [3.8, 4) is 0 Å². The molecule has 1 rings (SSSR count). The molecule has 1 atom stereocenters. The van der Waals surface area contributed by atoms with Crippen molar-refractivity contribution in [1.82, 2.24) is 0 Å². The minimum absolute atomic E-state index is 0.215. The monoisotopic (exact) mass is 288 g/mol. The number of benzene rings is 1. The van der Waals surface area contributed by atoms with Crippen LogP contribution >= 0.6 is 0 Å². The van der Waals surface area contributed by atoms with E-state index in [9.17, 15) is 4.79 Å². The van der Waals surface area contributed by atoms with Gasteiger partial charge in [0.1, 0.15) is 6.10 Å². The minimum Gasteiger partial charge on any atom is -0.455 e. The topological polar surface area (TPSA) is 26.3 Å². The molecular formula is C17H24O2Si. The second kappa shape index (κ2) is 7.24. The molecule has 2 nitrogen and oxygen atoms in total. The van der Waals surface area contributed by atoms with E-state index in [2.05, 4.69) is 44.9 Å². The van der Waals surface area contributed by atoms with Gasteiger partial charge in [0.05, 0.1) is 8.07 Å². The number of carbonyl (C=O) groups excluding carboxylic acids is 1. The van der Waals surface area contributed by atoms with E-state index >= 15 is 0 Å². The summed E-state index contributed by atoms with van der Waals surface area (Å²) in [6.45, 7) is 14.3. The molecule has 1 unspecified atom stereocenters. The third-order valence-electron chi connectivity index (χ3n) is 3.32. The van der Waals surface area contributed by atoms with E-state index in [0.29, 0.717) is 0 Å². The summed E-state index contributed by atoms with van der Waals surface area (Å²) in [5.74, 6) is -0.373. The van der Waals surface area contributed by atoms with E-state index in [-0.39, 0.29) is 12.1 Å². The third kappa shape index (κ3) is 5.17. The first-order valence-corrected chi connectivity index (χ1v) is 10.4. The lowest BCUT2D eigenvalue weighted by Gasteiger charge is -2.27. The third-order valence-corrected chi connectivity index (χ3v) is 5.56. The number of hydrogen-bond donors (Lipinski definition) is 0. The van der Waals surface area contributed by atoms with E-state index in [1.165, 1.54) is 11.6 Å². The molecule has 0 amide bonds. The fraction of sp³-hybridized carbons (Fsp3) is 0.353. The molecule has 20 heavy (non-hydrogen) atoms. The zero-order valence-electron chi connectivity index (χ0n) is 12.7. The highest BCUT2D eigenvalue weighted by Crippen LogP contribution is 2.22.